The van der Waals surface area contributed by atoms with Crippen LogP contribution in [-0.2, 0) is 0 Å². The minimum atomic E-state index is 0.115. The summed E-state index contributed by atoms with van der Waals surface area (Å²) >= 11 is 0. The molecule has 0 radical (unpaired) electrons. The summed E-state index contributed by atoms with van der Waals surface area (Å²) in [5, 5.41) is 2.53. The van der Waals surface area contributed by atoms with Crippen molar-refractivity contribution in [2.75, 3.05) is 0 Å². The topological polar surface area (TPSA) is 26.0 Å². The van der Waals surface area contributed by atoms with E-state index in [1.807, 2.05) is 26.0 Å². The first kappa shape index (κ1) is 12.5. The van der Waals surface area contributed by atoms with E-state index in [-0.39, 0.29) is 6.04 Å². The van der Waals surface area contributed by atoms with Gasteiger partial charge in [0.1, 0.15) is 0 Å². The minimum Gasteiger partial charge on any atom is -0.324 e. The Morgan fingerprint density at radius 3 is 2.25 bits per heavy atom. The molecule has 0 fully saturated rings. The molecule has 1 heteroatoms. The van der Waals surface area contributed by atoms with Gasteiger partial charge < -0.3 is 5.73 Å². The quantitative estimate of drug-likeness (QED) is 0.710. The molecule has 0 saturated carbocycles. The van der Waals surface area contributed by atoms with Gasteiger partial charge in [0.05, 0.1) is 0 Å². The maximum Gasteiger partial charge on any atom is 0.0266 e. The molecule has 0 aromatic heterocycles. The number of benzene rings is 2. The average molecular weight is 213 g/mol. The lowest BCUT2D eigenvalue weighted by molar-refractivity contribution is 0.820. The van der Waals surface area contributed by atoms with E-state index in [1.165, 1.54) is 16.3 Å². The lowest BCUT2D eigenvalue weighted by atomic mass is 10.0. The molecule has 2 aromatic rings. The predicted octanol–water partition coefficient (Wildman–Crippen LogP) is 4.05. The largest absolute Gasteiger partial charge is 0.324 e. The van der Waals surface area contributed by atoms with Crippen molar-refractivity contribution in [3.63, 3.8) is 0 Å². The molecule has 1 atom stereocenters. The molecule has 2 rings (SSSR count). The fourth-order valence-electron chi connectivity index (χ4n) is 1.49. The van der Waals surface area contributed by atoms with E-state index in [0.717, 1.165) is 0 Å². The first-order valence-corrected chi connectivity index (χ1v) is 5.50. The van der Waals surface area contributed by atoms with E-state index in [1.54, 1.807) is 6.08 Å². The van der Waals surface area contributed by atoms with Crippen LogP contribution in [0.5, 0.6) is 0 Å². The third-order valence-electron chi connectivity index (χ3n) is 2.30. The minimum absolute atomic E-state index is 0.115. The SMILES string of the molecule is C=CC.CC(N)c1ccc2ccccc2c1. The van der Waals surface area contributed by atoms with Crippen molar-refractivity contribution in [2.45, 2.75) is 19.9 Å². The van der Waals surface area contributed by atoms with E-state index < -0.39 is 0 Å². The Balaban J connectivity index is 0.000000386. The van der Waals surface area contributed by atoms with Gasteiger partial charge in [-0.25, -0.2) is 0 Å². The number of rotatable bonds is 1. The van der Waals surface area contributed by atoms with Crippen LogP contribution in [0.3, 0.4) is 0 Å². The van der Waals surface area contributed by atoms with E-state index in [9.17, 15) is 0 Å². The molecule has 1 unspecified atom stereocenters. The van der Waals surface area contributed by atoms with Gasteiger partial charge in [0.15, 0.2) is 0 Å². The van der Waals surface area contributed by atoms with Gasteiger partial charge in [0.2, 0.25) is 0 Å². The third kappa shape index (κ3) is 3.21. The Kier molecular flexibility index (Phi) is 4.74. The van der Waals surface area contributed by atoms with E-state index in [0.29, 0.717) is 0 Å². The average Bonchev–Trinajstić information content (AvgIpc) is 2.29. The summed E-state index contributed by atoms with van der Waals surface area (Å²) < 4.78 is 0. The van der Waals surface area contributed by atoms with Gasteiger partial charge in [-0.05, 0) is 36.2 Å². The van der Waals surface area contributed by atoms with Crippen LogP contribution < -0.4 is 5.73 Å². The van der Waals surface area contributed by atoms with Crippen molar-refractivity contribution in [3.8, 4) is 0 Å². The highest BCUT2D eigenvalue weighted by molar-refractivity contribution is 5.83. The Morgan fingerprint density at radius 2 is 1.69 bits per heavy atom. The second-order valence-electron chi connectivity index (χ2n) is 3.80. The van der Waals surface area contributed by atoms with Crippen LogP contribution in [0.1, 0.15) is 25.5 Å². The van der Waals surface area contributed by atoms with E-state index in [2.05, 4.69) is 36.9 Å². The molecule has 0 aliphatic carbocycles. The molecule has 16 heavy (non-hydrogen) atoms. The molecule has 0 spiro atoms. The zero-order valence-electron chi connectivity index (χ0n) is 9.98. The zero-order chi connectivity index (χ0) is 12.0. The summed E-state index contributed by atoms with van der Waals surface area (Å²) in [6.07, 6.45) is 1.75. The van der Waals surface area contributed by atoms with Crippen LogP contribution >= 0.6 is 0 Å². The summed E-state index contributed by atoms with van der Waals surface area (Å²) in [5.41, 5.74) is 7.00. The normalized spacial score (nSPS) is 11.4. The van der Waals surface area contributed by atoms with Gasteiger partial charge in [-0.1, -0.05) is 42.5 Å². The summed E-state index contributed by atoms with van der Waals surface area (Å²) in [5.74, 6) is 0. The standard InChI is InChI=1S/C12H13N.C3H6/c1-9(13)11-7-6-10-4-2-3-5-12(10)8-11;1-3-2/h2-9H,13H2,1H3;3H,1H2,2H3. The molecule has 2 aromatic carbocycles. The summed E-state index contributed by atoms with van der Waals surface area (Å²) in [4.78, 5) is 0. The molecular formula is C15H19N. The number of nitrogens with two attached hydrogens (primary N) is 1. The molecule has 0 amide bonds. The molecule has 0 heterocycles. The first-order chi connectivity index (χ1) is 7.69. The van der Waals surface area contributed by atoms with Gasteiger partial charge in [0, 0.05) is 6.04 Å². The number of hydrogen-bond donors (Lipinski definition) is 1. The maximum absolute atomic E-state index is 5.80. The van der Waals surface area contributed by atoms with Crippen LogP contribution in [0.25, 0.3) is 10.8 Å². The summed E-state index contributed by atoms with van der Waals surface area (Å²) in [6.45, 7) is 7.25. The van der Waals surface area contributed by atoms with Crippen molar-refractivity contribution in [1.29, 1.82) is 0 Å². The van der Waals surface area contributed by atoms with Gasteiger partial charge in [-0.15, -0.1) is 6.58 Å². The molecule has 2 N–H and O–H groups in total. The van der Waals surface area contributed by atoms with Gasteiger partial charge >= 0.3 is 0 Å². The van der Waals surface area contributed by atoms with E-state index >= 15 is 0 Å². The van der Waals surface area contributed by atoms with Crippen molar-refractivity contribution < 1.29 is 0 Å². The molecular weight excluding hydrogens is 194 g/mol. The number of hydrogen-bond acceptors (Lipinski definition) is 1. The van der Waals surface area contributed by atoms with Crippen LogP contribution in [0.2, 0.25) is 0 Å². The molecule has 1 nitrogen and oxygen atoms in total. The van der Waals surface area contributed by atoms with Crippen LogP contribution in [0, 0.1) is 0 Å². The number of allylic oxidation sites excluding steroid dienone is 1. The third-order valence-corrected chi connectivity index (χ3v) is 2.30. The van der Waals surface area contributed by atoms with Crippen molar-refractivity contribution >= 4 is 10.8 Å². The molecule has 0 aliphatic heterocycles. The second-order valence-corrected chi connectivity index (χ2v) is 3.80. The van der Waals surface area contributed by atoms with Crippen LogP contribution in [0.4, 0.5) is 0 Å². The van der Waals surface area contributed by atoms with Crippen molar-refractivity contribution in [2.24, 2.45) is 5.73 Å². The monoisotopic (exact) mass is 213 g/mol. The second kappa shape index (κ2) is 6.09. The Labute approximate surface area is 97.6 Å². The lowest BCUT2D eigenvalue weighted by Gasteiger charge is -2.06. The molecule has 84 valence electrons. The molecule has 0 aliphatic rings. The Morgan fingerprint density at radius 1 is 1.12 bits per heavy atom. The number of fused-ring (bicyclic) bond motifs is 1. The fraction of sp³-hybridized carbons (Fsp3) is 0.200. The first-order valence-electron chi connectivity index (χ1n) is 5.50. The van der Waals surface area contributed by atoms with Gasteiger partial charge in [-0.3, -0.25) is 0 Å². The fourth-order valence-corrected chi connectivity index (χ4v) is 1.49. The van der Waals surface area contributed by atoms with Crippen molar-refractivity contribution in [1.82, 2.24) is 0 Å². The lowest BCUT2D eigenvalue weighted by Crippen LogP contribution is -2.04. The smallest absolute Gasteiger partial charge is 0.0266 e. The summed E-state index contributed by atoms with van der Waals surface area (Å²) in [7, 11) is 0. The Hall–Kier alpha value is -1.60. The van der Waals surface area contributed by atoms with Gasteiger partial charge in [0.25, 0.3) is 0 Å². The van der Waals surface area contributed by atoms with Crippen LogP contribution in [-0.4, -0.2) is 0 Å². The van der Waals surface area contributed by atoms with E-state index in [4.69, 9.17) is 5.73 Å². The Bertz CT molecular complexity index is 458. The molecule has 0 saturated heterocycles. The van der Waals surface area contributed by atoms with Crippen molar-refractivity contribution in [3.05, 3.63) is 60.7 Å². The van der Waals surface area contributed by atoms with Gasteiger partial charge in [-0.2, -0.15) is 0 Å². The molecule has 0 bridgehead atoms. The highest BCUT2D eigenvalue weighted by Gasteiger charge is 1.99. The predicted molar refractivity (Wildman–Crippen MR) is 72.4 cm³/mol. The zero-order valence-corrected chi connectivity index (χ0v) is 9.98. The highest BCUT2D eigenvalue weighted by atomic mass is 14.6. The van der Waals surface area contributed by atoms with Crippen LogP contribution in [0.15, 0.2) is 55.1 Å². The maximum atomic E-state index is 5.80. The summed E-state index contributed by atoms with van der Waals surface area (Å²) in [6, 6.07) is 14.8. The highest BCUT2D eigenvalue weighted by Crippen LogP contribution is 2.18.